The molecule has 4 rings (SSSR count). The molecule has 1 amide bonds. The van der Waals surface area contributed by atoms with Gasteiger partial charge in [-0.15, -0.1) is 0 Å². The number of aromatic amines is 1. The Morgan fingerprint density at radius 1 is 1.19 bits per heavy atom. The van der Waals surface area contributed by atoms with E-state index in [0.717, 1.165) is 63.4 Å². The Labute approximate surface area is 152 Å². The minimum absolute atomic E-state index is 0.0238. The molecule has 2 N–H and O–H groups in total. The number of carboxylic acid groups (broad SMARTS) is 1. The third kappa shape index (κ3) is 3.35. The van der Waals surface area contributed by atoms with Crippen LogP contribution in [0.15, 0.2) is 6.33 Å². The number of carboxylic acids is 1. The molecule has 8 nitrogen and oxygen atoms in total. The molecule has 4 heterocycles. The van der Waals surface area contributed by atoms with Gasteiger partial charge in [0.15, 0.2) is 0 Å². The molecule has 0 unspecified atom stereocenters. The molecule has 2 fully saturated rings. The monoisotopic (exact) mass is 362 g/mol. The van der Waals surface area contributed by atoms with E-state index in [1.165, 1.54) is 4.90 Å². The van der Waals surface area contributed by atoms with Gasteiger partial charge in [-0.25, -0.2) is 9.78 Å². The van der Waals surface area contributed by atoms with Gasteiger partial charge in [-0.2, -0.15) is 0 Å². The first-order valence-corrected chi connectivity index (χ1v) is 9.49. The predicted octanol–water partition coefficient (Wildman–Crippen LogP) is 0.639. The van der Waals surface area contributed by atoms with Crippen LogP contribution in [0.1, 0.15) is 37.1 Å². The number of amides is 1. The van der Waals surface area contributed by atoms with E-state index in [-0.39, 0.29) is 18.2 Å². The van der Waals surface area contributed by atoms with Crippen LogP contribution in [0.2, 0.25) is 0 Å². The number of aromatic nitrogens is 2. The molecule has 1 atom stereocenters. The molecule has 0 aromatic carbocycles. The van der Waals surface area contributed by atoms with Gasteiger partial charge in [0.1, 0.15) is 6.04 Å². The number of H-pyrrole nitrogens is 1. The van der Waals surface area contributed by atoms with Crippen LogP contribution >= 0.6 is 0 Å². The number of ether oxygens (including phenoxy) is 1. The summed E-state index contributed by atoms with van der Waals surface area (Å²) >= 11 is 0. The summed E-state index contributed by atoms with van der Waals surface area (Å²) in [5, 5.41) is 9.58. The SMILES string of the molecule is O=C(O)[C@@H]1Cc2nc[nH]c2CN1C(=O)C1CCN(C2CCOCC2)CC1. The lowest BCUT2D eigenvalue weighted by molar-refractivity contribution is -0.154. The topological polar surface area (TPSA) is 98.8 Å². The fraction of sp³-hybridized carbons (Fsp3) is 0.722. The Hall–Kier alpha value is -1.93. The van der Waals surface area contributed by atoms with Crippen molar-refractivity contribution in [2.24, 2.45) is 5.92 Å². The van der Waals surface area contributed by atoms with Crippen molar-refractivity contribution >= 4 is 11.9 Å². The van der Waals surface area contributed by atoms with Gasteiger partial charge in [-0.3, -0.25) is 4.79 Å². The highest BCUT2D eigenvalue weighted by Crippen LogP contribution is 2.28. The van der Waals surface area contributed by atoms with E-state index in [9.17, 15) is 14.7 Å². The highest BCUT2D eigenvalue weighted by atomic mass is 16.5. The zero-order chi connectivity index (χ0) is 18.1. The Bertz CT molecular complexity index is 662. The highest BCUT2D eigenvalue weighted by Gasteiger charge is 2.39. The van der Waals surface area contributed by atoms with Gasteiger partial charge >= 0.3 is 5.97 Å². The number of imidazole rings is 1. The molecule has 3 aliphatic heterocycles. The maximum atomic E-state index is 13.1. The Morgan fingerprint density at radius 2 is 1.92 bits per heavy atom. The highest BCUT2D eigenvalue weighted by molar-refractivity contribution is 5.85. The molecule has 142 valence electrons. The number of nitrogens with one attached hydrogen (secondary N) is 1. The number of likely N-dealkylation sites (tertiary alicyclic amines) is 1. The van der Waals surface area contributed by atoms with Crippen LogP contribution in [0, 0.1) is 5.92 Å². The largest absolute Gasteiger partial charge is 0.480 e. The van der Waals surface area contributed by atoms with Crippen molar-refractivity contribution in [3.63, 3.8) is 0 Å². The fourth-order valence-corrected chi connectivity index (χ4v) is 4.48. The van der Waals surface area contributed by atoms with Crippen LogP contribution < -0.4 is 0 Å². The molecule has 1 aromatic rings. The second-order valence-electron chi connectivity index (χ2n) is 7.51. The standard InChI is InChI=1S/C18H26N4O4/c23-17(12-1-5-21(6-2-12)13-3-7-26-8-4-13)22-10-15-14(19-11-20-15)9-16(22)18(24)25/h11-13,16H,1-10H2,(H,19,20)(H,24,25)/t16-/m0/s1. The maximum absolute atomic E-state index is 13.1. The lowest BCUT2D eigenvalue weighted by Crippen LogP contribution is -2.53. The number of hydrogen-bond acceptors (Lipinski definition) is 5. The molecule has 8 heteroatoms. The number of fused-ring (bicyclic) bond motifs is 1. The minimum atomic E-state index is -0.952. The number of rotatable bonds is 3. The van der Waals surface area contributed by atoms with Crippen LogP contribution in [-0.2, 0) is 27.3 Å². The second-order valence-corrected chi connectivity index (χ2v) is 7.51. The van der Waals surface area contributed by atoms with Crippen molar-refractivity contribution in [2.75, 3.05) is 26.3 Å². The van der Waals surface area contributed by atoms with Gasteiger partial charge in [-0.05, 0) is 38.8 Å². The zero-order valence-corrected chi connectivity index (χ0v) is 14.9. The van der Waals surface area contributed by atoms with Crippen molar-refractivity contribution in [3.8, 4) is 0 Å². The minimum Gasteiger partial charge on any atom is -0.480 e. The Balaban J connectivity index is 1.40. The normalized spacial score (nSPS) is 25.8. The molecular weight excluding hydrogens is 336 g/mol. The van der Waals surface area contributed by atoms with Crippen LogP contribution in [0.3, 0.4) is 0 Å². The lowest BCUT2D eigenvalue weighted by atomic mass is 9.91. The molecule has 0 spiro atoms. The Morgan fingerprint density at radius 3 is 2.62 bits per heavy atom. The van der Waals surface area contributed by atoms with Gasteiger partial charge in [0.25, 0.3) is 0 Å². The van der Waals surface area contributed by atoms with Crippen LogP contribution in [0.5, 0.6) is 0 Å². The third-order valence-electron chi connectivity index (χ3n) is 6.05. The number of piperidine rings is 1. The first-order valence-electron chi connectivity index (χ1n) is 9.49. The zero-order valence-electron chi connectivity index (χ0n) is 14.9. The van der Waals surface area contributed by atoms with E-state index < -0.39 is 12.0 Å². The lowest BCUT2D eigenvalue weighted by Gasteiger charge is -2.41. The van der Waals surface area contributed by atoms with E-state index >= 15 is 0 Å². The summed E-state index contributed by atoms with van der Waals surface area (Å²) in [6.45, 7) is 3.77. The van der Waals surface area contributed by atoms with Crippen molar-refractivity contribution in [1.82, 2.24) is 19.8 Å². The van der Waals surface area contributed by atoms with Crippen molar-refractivity contribution < 1.29 is 19.4 Å². The summed E-state index contributed by atoms with van der Waals surface area (Å²) in [5.74, 6) is -1.06. The first-order chi connectivity index (χ1) is 12.6. The van der Waals surface area contributed by atoms with Gasteiger partial charge in [0.05, 0.1) is 24.3 Å². The summed E-state index contributed by atoms with van der Waals surface area (Å²) in [4.78, 5) is 36.0. The van der Waals surface area contributed by atoms with Gasteiger partial charge < -0.3 is 24.6 Å². The number of aliphatic carboxylic acids is 1. The number of nitrogens with zero attached hydrogens (tertiary/aromatic N) is 3. The predicted molar refractivity (Wildman–Crippen MR) is 92.4 cm³/mol. The van der Waals surface area contributed by atoms with E-state index in [4.69, 9.17) is 4.74 Å². The fourth-order valence-electron chi connectivity index (χ4n) is 4.48. The molecule has 1 aromatic heterocycles. The average molecular weight is 362 g/mol. The smallest absolute Gasteiger partial charge is 0.326 e. The molecule has 0 saturated carbocycles. The summed E-state index contributed by atoms with van der Waals surface area (Å²) in [6.07, 6.45) is 5.58. The van der Waals surface area contributed by atoms with E-state index in [2.05, 4.69) is 14.9 Å². The van der Waals surface area contributed by atoms with E-state index in [1.54, 1.807) is 6.33 Å². The van der Waals surface area contributed by atoms with Crippen LogP contribution in [-0.4, -0.2) is 75.1 Å². The molecule has 3 aliphatic rings. The van der Waals surface area contributed by atoms with Crippen molar-refractivity contribution in [1.29, 1.82) is 0 Å². The summed E-state index contributed by atoms with van der Waals surface area (Å²) in [6, 6.07) is -0.249. The van der Waals surface area contributed by atoms with Crippen LogP contribution in [0.4, 0.5) is 0 Å². The van der Waals surface area contributed by atoms with Crippen molar-refractivity contribution in [2.45, 2.75) is 50.7 Å². The number of hydrogen-bond donors (Lipinski definition) is 2. The summed E-state index contributed by atoms with van der Waals surface area (Å²) in [5.41, 5.74) is 1.62. The maximum Gasteiger partial charge on any atom is 0.326 e. The molecule has 2 saturated heterocycles. The van der Waals surface area contributed by atoms with Crippen LogP contribution in [0.25, 0.3) is 0 Å². The summed E-state index contributed by atoms with van der Waals surface area (Å²) < 4.78 is 5.43. The van der Waals surface area contributed by atoms with E-state index in [0.29, 0.717) is 12.6 Å². The number of carbonyl (C=O) groups excluding carboxylic acids is 1. The Kier molecular flexibility index (Phi) is 4.95. The van der Waals surface area contributed by atoms with Gasteiger partial charge in [0, 0.05) is 31.6 Å². The van der Waals surface area contributed by atoms with Gasteiger partial charge in [-0.1, -0.05) is 0 Å². The average Bonchev–Trinajstić information content (AvgIpc) is 3.15. The molecule has 0 radical (unpaired) electrons. The van der Waals surface area contributed by atoms with Gasteiger partial charge in [0.2, 0.25) is 5.91 Å². The second kappa shape index (κ2) is 7.36. The molecule has 0 bridgehead atoms. The third-order valence-corrected chi connectivity index (χ3v) is 6.05. The molecule has 0 aliphatic carbocycles. The molecule has 26 heavy (non-hydrogen) atoms. The van der Waals surface area contributed by atoms with Crippen molar-refractivity contribution in [3.05, 3.63) is 17.7 Å². The van der Waals surface area contributed by atoms with E-state index in [1.807, 2.05) is 0 Å². The quantitative estimate of drug-likeness (QED) is 0.819. The summed E-state index contributed by atoms with van der Waals surface area (Å²) in [7, 11) is 0. The first kappa shape index (κ1) is 17.5. The molecular formula is C18H26N4O4. The number of carbonyl (C=O) groups is 2.